The highest BCUT2D eigenvalue weighted by Gasteiger charge is 2.08. The molecule has 19 heavy (non-hydrogen) atoms. The molecule has 1 N–H and O–H groups in total. The molecule has 4 heteroatoms. The molecule has 0 aliphatic carbocycles. The number of hydrogen-bond acceptors (Lipinski definition) is 2. The van der Waals surface area contributed by atoms with E-state index in [1.54, 1.807) is 0 Å². The van der Waals surface area contributed by atoms with Gasteiger partial charge in [0.25, 0.3) is 0 Å². The highest BCUT2D eigenvalue weighted by atomic mass is 16.1. The van der Waals surface area contributed by atoms with Crippen LogP contribution in [0.5, 0.6) is 0 Å². The molecular weight excluding hydrogens is 238 g/mol. The van der Waals surface area contributed by atoms with Crippen LogP contribution in [0.1, 0.15) is 26.1 Å². The van der Waals surface area contributed by atoms with E-state index < -0.39 is 0 Å². The molecule has 1 amide bonds. The summed E-state index contributed by atoms with van der Waals surface area (Å²) in [5.74, 6) is 1.52. The fourth-order valence-corrected chi connectivity index (χ4v) is 2.18. The van der Waals surface area contributed by atoms with E-state index in [1.807, 2.05) is 39.1 Å². The minimum Gasteiger partial charge on any atom is -0.356 e. The first-order valence-corrected chi connectivity index (χ1v) is 6.75. The average Bonchev–Trinajstić information content (AvgIpc) is 2.66. The molecule has 1 aromatic heterocycles. The van der Waals surface area contributed by atoms with Gasteiger partial charge in [0, 0.05) is 26.4 Å². The monoisotopic (exact) mass is 259 g/mol. The SMILES string of the molecule is CC(C)CC(=O)NCCc1nc2ccccc2n1C. The lowest BCUT2D eigenvalue weighted by atomic mass is 10.1. The van der Waals surface area contributed by atoms with Crippen LogP contribution in [0.4, 0.5) is 0 Å². The van der Waals surface area contributed by atoms with Crippen LogP contribution in [0.3, 0.4) is 0 Å². The van der Waals surface area contributed by atoms with Crippen molar-refractivity contribution in [1.29, 1.82) is 0 Å². The van der Waals surface area contributed by atoms with Gasteiger partial charge in [0.2, 0.25) is 5.91 Å². The average molecular weight is 259 g/mol. The molecular formula is C15H21N3O. The molecule has 0 saturated carbocycles. The standard InChI is InChI=1S/C15H21N3O/c1-11(2)10-15(19)16-9-8-14-17-12-6-4-5-7-13(12)18(14)3/h4-7,11H,8-10H2,1-3H3,(H,16,19). The molecule has 0 aliphatic heterocycles. The zero-order valence-electron chi connectivity index (χ0n) is 11.8. The lowest BCUT2D eigenvalue weighted by molar-refractivity contribution is -0.121. The Bertz CT molecular complexity index is 572. The number of aryl methyl sites for hydroxylation is 1. The van der Waals surface area contributed by atoms with Gasteiger partial charge in [-0.05, 0) is 18.1 Å². The van der Waals surface area contributed by atoms with Gasteiger partial charge in [-0.2, -0.15) is 0 Å². The molecule has 0 aliphatic rings. The third-order valence-corrected chi connectivity index (χ3v) is 3.14. The third-order valence-electron chi connectivity index (χ3n) is 3.14. The Morgan fingerprint density at radius 2 is 2.11 bits per heavy atom. The van der Waals surface area contributed by atoms with Crippen LogP contribution in [0.15, 0.2) is 24.3 Å². The fourth-order valence-electron chi connectivity index (χ4n) is 2.18. The molecule has 0 saturated heterocycles. The van der Waals surface area contributed by atoms with Crippen LogP contribution < -0.4 is 5.32 Å². The second-order valence-corrected chi connectivity index (χ2v) is 5.27. The smallest absolute Gasteiger partial charge is 0.220 e. The second-order valence-electron chi connectivity index (χ2n) is 5.27. The minimum atomic E-state index is 0.119. The number of rotatable bonds is 5. The predicted molar refractivity (Wildman–Crippen MR) is 76.9 cm³/mol. The molecule has 0 spiro atoms. The van der Waals surface area contributed by atoms with Crippen molar-refractivity contribution < 1.29 is 4.79 Å². The largest absolute Gasteiger partial charge is 0.356 e. The quantitative estimate of drug-likeness (QED) is 0.895. The zero-order valence-corrected chi connectivity index (χ0v) is 11.8. The van der Waals surface area contributed by atoms with Crippen molar-refractivity contribution in [3.63, 3.8) is 0 Å². The molecule has 2 rings (SSSR count). The number of hydrogen-bond donors (Lipinski definition) is 1. The number of amides is 1. The van der Waals surface area contributed by atoms with E-state index in [0.717, 1.165) is 23.3 Å². The number of aromatic nitrogens is 2. The normalized spacial score (nSPS) is 11.2. The molecule has 1 aromatic carbocycles. The number of carbonyl (C=O) groups is 1. The van der Waals surface area contributed by atoms with Gasteiger partial charge in [-0.25, -0.2) is 4.98 Å². The van der Waals surface area contributed by atoms with Gasteiger partial charge in [-0.3, -0.25) is 4.79 Å². The van der Waals surface area contributed by atoms with E-state index >= 15 is 0 Å². The maximum atomic E-state index is 11.6. The van der Waals surface area contributed by atoms with Crippen molar-refractivity contribution in [2.24, 2.45) is 13.0 Å². The van der Waals surface area contributed by atoms with Crippen LogP contribution in [0.25, 0.3) is 11.0 Å². The van der Waals surface area contributed by atoms with Crippen LogP contribution >= 0.6 is 0 Å². The Balaban J connectivity index is 1.95. The first kappa shape index (κ1) is 13.6. The molecule has 0 radical (unpaired) electrons. The molecule has 0 atom stereocenters. The molecule has 0 unspecified atom stereocenters. The summed E-state index contributed by atoms with van der Waals surface area (Å²) in [6, 6.07) is 8.07. The van der Waals surface area contributed by atoms with Crippen molar-refractivity contribution in [2.45, 2.75) is 26.7 Å². The predicted octanol–water partition coefficient (Wildman–Crippen LogP) is 2.28. The Morgan fingerprint density at radius 1 is 1.37 bits per heavy atom. The summed E-state index contributed by atoms with van der Waals surface area (Å²) in [6.07, 6.45) is 1.34. The van der Waals surface area contributed by atoms with Gasteiger partial charge in [0.1, 0.15) is 5.82 Å². The number of carbonyl (C=O) groups excluding carboxylic acids is 1. The van der Waals surface area contributed by atoms with Gasteiger partial charge in [-0.15, -0.1) is 0 Å². The molecule has 4 nitrogen and oxygen atoms in total. The van der Waals surface area contributed by atoms with Gasteiger partial charge in [-0.1, -0.05) is 26.0 Å². The first-order valence-electron chi connectivity index (χ1n) is 6.75. The molecule has 0 bridgehead atoms. The van der Waals surface area contributed by atoms with E-state index in [2.05, 4.69) is 20.9 Å². The summed E-state index contributed by atoms with van der Waals surface area (Å²) >= 11 is 0. The van der Waals surface area contributed by atoms with E-state index in [-0.39, 0.29) is 5.91 Å². The van der Waals surface area contributed by atoms with Gasteiger partial charge >= 0.3 is 0 Å². The third kappa shape index (κ3) is 3.34. The summed E-state index contributed by atoms with van der Waals surface area (Å²) in [4.78, 5) is 16.1. The number of imidazole rings is 1. The lowest BCUT2D eigenvalue weighted by Crippen LogP contribution is -2.27. The topological polar surface area (TPSA) is 46.9 Å². The summed E-state index contributed by atoms with van der Waals surface area (Å²) in [5.41, 5.74) is 2.14. The first-order chi connectivity index (χ1) is 9.08. The summed E-state index contributed by atoms with van der Waals surface area (Å²) in [7, 11) is 2.01. The Hall–Kier alpha value is -1.84. The van der Waals surface area contributed by atoms with E-state index in [1.165, 1.54) is 0 Å². The summed E-state index contributed by atoms with van der Waals surface area (Å²) in [6.45, 7) is 4.73. The summed E-state index contributed by atoms with van der Waals surface area (Å²) < 4.78 is 2.09. The summed E-state index contributed by atoms with van der Waals surface area (Å²) in [5, 5.41) is 2.94. The highest BCUT2D eigenvalue weighted by Crippen LogP contribution is 2.14. The second kappa shape index (κ2) is 5.87. The number of nitrogens with one attached hydrogen (secondary N) is 1. The van der Waals surface area contributed by atoms with E-state index in [9.17, 15) is 4.79 Å². The number of para-hydroxylation sites is 2. The zero-order chi connectivity index (χ0) is 13.8. The number of benzene rings is 1. The lowest BCUT2D eigenvalue weighted by Gasteiger charge is -2.07. The van der Waals surface area contributed by atoms with Crippen LogP contribution in [-0.4, -0.2) is 22.0 Å². The number of nitrogens with zero attached hydrogens (tertiary/aromatic N) is 2. The van der Waals surface area contributed by atoms with Gasteiger partial charge in [0.15, 0.2) is 0 Å². The van der Waals surface area contributed by atoms with Crippen LogP contribution in [0, 0.1) is 5.92 Å². The Morgan fingerprint density at radius 3 is 2.79 bits per heavy atom. The van der Waals surface area contributed by atoms with Crippen molar-refractivity contribution in [1.82, 2.24) is 14.9 Å². The van der Waals surface area contributed by atoms with Crippen LogP contribution in [-0.2, 0) is 18.3 Å². The fraction of sp³-hybridized carbons (Fsp3) is 0.467. The maximum Gasteiger partial charge on any atom is 0.220 e. The molecule has 2 aromatic rings. The van der Waals surface area contributed by atoms with Crippen molar-refractivity contribution in [2.75, 3.05) is 6.54 Å². The Labute approximate surface area is 113 Å². The Kier molecular flexibility index (Phi) is 4.20. The maximum absolute atomic E-state index is 11.6. The van der Waals surface area contributed by atoms with Gasteiger partial charge in [0.05, 0.1) is 11.0 Å². The van der Waals surface area contributed by atoms with Crippen molar-refractivity contribution >= 4 is 16.9 Å². The minimum absolute atomic E-state index is 0.119. The van der Waals surface area contributed by atoms with Gasteiger partial charge < -0.3 is 9.88 Å². The van der Waals surface area contributed by atoms with Crippen molar-refractivity contribution in [3.8, 4) is 0 Å². The highest BCUT2D eigenvalue weighted by molar-refractivity contribution is 5.76. The number of fused-ring (bicyclic) bond motifs is 1. The van der Waals surface area contributed by atoms with E-state index in [4.69, 9.17) is 0 Å². The molecule has 102 valence electrons. The molecule has 0 fully saturated rings. The van der Waals surface area contributed by atoms with E-state index in [0.29, 0.717) is 18.9 Å². The molecule has 1 heterocycles. The van der Waals surface area contributed by atoms with Crippen molar-refractivity contribution in [3.05, 3.63) is 30.1 Å². The van der Waals surface area contributed by atoms with Crippen LogP contribution in [0.2, 0.25) is 0 Å².